The van der Waals surface area contributed by atoms with Crippen LogP contribution in [-0.4, -0.2) is 6.67 Å². The van der Waals surface area contributed by atoms with Crippen molar-refractivity contribution in [2.45, 2.75) is 96.3 Å². The first kappa shape index (κ1) is 20.9. The molecule has 0 aromatic carbocycles. The summed E-state index contributed by atoms with van der Waals surface area (Å²) >= 11 is 0. The van der Waals surface area contributed by atoms with E-state index in [-0.39, 0.29) is 6.67 Å². The zero-order chi connectivity index (χ0) is 18.9. The van der Waals surface area contributed by atoms with Crippen molar-refractivity contribution in [3.05, 3.63) is 12.2 Å². The zero-order valence-electron chi connectivity index (χ0n) is 17.3. The molecular formula is C25H40FN. The maximum atomic E-state index is 12.1. The Hall–Kier alpha value is -0.840. The summed E-state index contributed by atoms with van der Waals surface area (Å²) in [4.78, 5) is 0. The fourth-order valence-electron chi connectivity index (χ4n) is 6.39. The average molecular weight is 374 g/mol. The summed E-state index contributed by atoms with van der Waals surface area (Å²) in [6.45, 7) is -0.217. The fourth-order valence-corrected chi connectivity index (χ4v) is 6.39. The van der Waals surface area contributed by atoms with Crippen LogP contribution in [0.25, 0.3) is 0 Å². The summed E-state index contributed by atoms with van der Waals surface area (Å²) in [6, 6.07) is 2.48. The lowest BCUT2D eigenvalue weighted by molar-refractivity contribution is 0.108. The van der Waals surface area contributed by atoms with Gasteiger partial charge in [-0.1, -0.05) is 25.0 Å². The van der Waals surface area contributed by atoms with Crippen molar-refractivity contribution in [2.75, 3.05) is 6.67 Å². The van der Waals surface area contributed by atoms with Gasteiger partial charge in [0.1, 0.15) is 0 Å². The number of nitrogens with zero attached hydrogens (tertiary/aromatic N) is 1. The minimum Gasteiger partial charge on any atom is -0.251 e. The van der Waals surface area contributed by atoms with Crippen molar-refractivity contribution < 1.29 is 4.39 Å². The number of allylic oxidation sites excluding steroid dienone is 2. The van der Waals surface area contributed by atoms with Crippen LogP contribution in [0.2, 0.25) is 0 Å². The van der Waals surface area contributed by atoms with E-state index in [4.69, 9.17) is 5.26 Å². The molecule has 3 aliphatic rings. The second kappa shape index (κ2) is 11.2. The van der Waals surface area contributed by atoms with E-state index in [0.717, 1.165) is 48.9 Å². The molecule has 3 saturated carbocycles. The van der Waals surface area contributed by atoms with Crippen molar-refractivity contribution in [1.29, 1.82) is 5.26 Å². The molecule has 0 heterocycles. The summed E-state index contributed by atoms with van der Waals surface area (Å²) in [6.07, 6.45) is 23.9. The van der Waals surface area contributed by atoms with Gasteiger partial charge < -0.3 is 0 Å². The van der Waals surface area contributed by atoms with Crippen molar-refractivity contribution in [2.24, 2.45) is 35.5 Å². The van der Waals surface area contributed by atoms with Crippen LogP contribution in [0.4, 0.5) is 4.39 Å². The maximum Gasteiger partial charge on any atom is 0.0928 e. The molecule has 0 amide bonds. The number of alkyl halides is 1. The van der Waals surface area contributed by atoms with Gasteiger partial charge in [0.05, 0.1) is 12.7 Å². The monoisotopic (exact) mass is 373 g/mol. The Morgan fingerprint density at radius 3 is 1.59 bits per heavy atom. The highest BCUT2D eigenvalue weighted by Crippen LogP contribution is 2.46. The minimum atomic E-state index is -0.217. The van der Waals surface area contributed by atoms with E-state index in [9.17, 15) is 4.39 Å². The quantitative estimate of drug-likeness (QED) is 0.421. The molecule has 0 spiro atoms. The molecule has 3 rings (SSSR count). The molecule has 0 bridgehead atoms. The number of nitriles is 1. The normalized spacial score (nSPS) is 37.9. The van der Waals surface area contributed by atoms with Crippen LogP contribution in [0.15, 0.2) is 12.2 Å². The van der Waals surface area contributed by atoms with Gasteiger partial charge >= 0.3 is 0 Å². The first-order chi connectivity index (χ1) is 13.3. The highest BCUT2D eigenvalue weighted by atomic mass is 19.1. The van der Waals surface area contributed by atoms with E-state index in [1.165, 1.54) is 70.6 Å². The summed E-state index contributed by atoms with van der Waals surface area (Å²) in [5.74, 6) is 5.17. The second-order valence-electron chi connectivity index (χ2n) is 9.72. The highest BCUT2D eigenvalue weighted by Gasteiger charge is 2.34. The predicted molar refractivity (Wildman–Crippen MR) is 111 cm³/mol. The van der Waals surface area contributed by atoms with Crippen molar-refractivity contribution in [1.82, 2.24) is 0 Å². The van der Waals surface area contributed by atoms with Gasteiger partial charge in [-0.2, -0.15) is 5.26 Å². The van der Waals surface area contributed by atoms with Gasteiger partial charge in [-0.05, 0) is 113 Å². The molecular weight excluding hydrogens is 333 g/mol. The van der Waals surface area contributed by atoms with E-state index in [0.29, 0.717) is 12.3 Å². The largest absolute Gasteiger partial charge is 0.251 e. The van der Waals surface area contributed by atoms with Crippen LogP contribution < -0.4 is 0 Å². The van der Waals surface area contributed by atoms with E-state index in [1.807, 2.05) is 6.08 Å². The average Bonchev–Trinajstić information content (AvgIpc) is 2.74. The van der Waals surface area contributed by atoms with Gasteiger partial charge in [0.25, 0.3) is 0 Å². The summed E-state index contributed by atoms with van der Waals surface area (Å²) in [5.41, 5.74) is 0. The number of hydrogen-bond donors (Lipinski definition) is 0. The maximum absolute atomic E-state index is 12.1. The molecule has 0 atom stereocenters. The highest BCUT2D eigenvalue weighted by molar-refractivity contribution is 4.91. The first-order valence-electron chi connectivity index (χ1n) is 11.9. The lowest BCUT2D eigenvalue weighted by atomic mass is 9.65. The fraction of sp³-hybridized carbons (Fsp3) is 0.880. The molecule has 0 aromatic rings. The van der Waals surface area contributed by atoms with Gasteiger partial charge in [-0.3, -0.25) is 4.39 Å². The smallest absolute Gasteiger partial charge is 0.0928 e. The summed E-state index contributed by atoms with van der Waals surface area (Å²) in [5, 5.41) is 9.10. The lowest BCUT2D eigenvalue weighted by Crippen LogP contribution is -2.29. The van der Waals surface area contributed by atoms with Crippen LogP contribution in [0.1, 0.15) is 96.3 Å². The second-order valence-corrected chi connectivity index (χ2v) is 9.72. The number of hydrogen-bond acceptors (Lipinski definition) is 1. The molecule has 3 fully saturated rings. The Balaban J connectivity index is 1.31. The van der Waals surface area contributed by atoms with Gasteiger partial charge in [0.15, 0.2) is 0 Å². The Morgan fingerprint density at radius 2 is 1.11 bits per heavy atom. The Morgan fingerprint density at radius 1 is 0.667 bits per heavy atom. The van der Waals surface area contributed by atoms with E-state index in [2.05, 4.69) is 12.1 Å². The third-order valence-corrected chi connectivity index (χ3v) is 8.18. The predicted octanol–water partition coefficient (Wildman–Crippen LogP) is 7.63. The molecule has 0 aliphatic heterocycles. The van der Waals surface area contributed by atoms with Crippen molar-refractivity contribution >= 4 is 0 Å². The van der Waals surface area contributed by atoms with Crippen molar-refractivity contribution in [3.8, 4) is 6.07 Å². The molecule has 0 N–H and O–H groups in total. The zero-order valence-corrected chi connectivity index (χ0v) is 17.3. The van der Waals surface area contributed by atoms with Crippen molar-refractivity contribution in [3.63, 3.8) is 0 Å². The van der Waals surface area contributed by atoms with Crippen LogP contribution in [0.3, 0.4) is 0 Å². The first-order valence-corrected chi connectivity index (χ1v) is 11.9. The SMILES string of the molecule is N#CC1CCC(C2CCC([C@H]3CC[C@H](CC/C=C/CCF)CC3)CC2)CC1. The molecule has 1 nitrogen and oxygen atoms in total. The Bertz CT molecular complexity index is 469. The Labute approximate surface area is 166 Å². The molecule has 0 saturated heterocycles. The summed E-state index contributed by atoms with van der Waals surface area (Å²) in [7, 11) is 0. The van der Waals surface area contributed by atoms with Crippen LogP contribution >= 0.6 is 0 Å². The van der Waals surface area contributed by atoms with Crippen LogP contribution in [-0.2, 0) is 0 Å². The minimum absolute atomic E-state index is 0.217. The van der Waals surface area contributed by atoms with Gasteiger partial charge in [0.2, 0.25) is 0 Å². The van der Waals surface area contributed by atoms with Crippen LogP contribution in [0.5, 0.6) is 0 Å². The molecule has 152 valence electrons. The third kappa shape index (κ3) is 6.33. The van der Waals surface area contributed by atoms with Crippen LogP contribution in [0, 0.1) is 46.8 Å². The van der Waals surface area contributed by atoms with Gasteiger partial charge in [0, 0.05) is 5.92 Å². The molecule has 0 aromatic heterocycles. The van der Waals surface area contributed by atoms with E-state index >= 15 is 0 Å². The lowest BCUT2D eigenvalue weighted by Gasteiger charge is -2.41. The van der Waals surface area contributed by atoms with E-state index in [1.54, 1.807) is 0 Å². The number of rotatable bonds is 7. The van der Waals surface area contributed by atoms with Gasteiger partial charge in [-0.25, -0.2) is 0 Å². The number of halogens is 1. The Kier molecular flexibility index (Phi) is 8.69. The molecule has 0 unspecified atom stereocenters. The molecule has 0 radical (unpaired) electrons. The van der Waals surface area contributed by atoms with Gasteiger partial charge in [-0.15, -0.1) is 0 Å². The standard InChI is InChI=1S/C25H40FN/c26-18-4-2-1-3-5-20-6-10-22(11-7-20)24-14-16-25(17-15-24)23-12-8-21(19-27)9-13-23/h1-2,20-25H,3-18H2/b2-1+/t20-,21?,22-,23?,24?,25?. The topological polar surface area (TPSA) is 23.8 Å². The molecule has 27 heavy (non-hydrogen) atoms. The third-order valence-electron chi connectivity index (χ3n) is 8.18. The summed E-state index contributed by atoms with van der Waals surface area (Å²) < 4.78 is 12.1. The van der Waals surface area contributed by atoms with E-state index < -0.39 is 0 Å². The molecule has 3 aliphatic carbocycles. The molecule has 2 heteroatoms.